The first-order valence-electron chi connectivity index (χ1n) is 5.23. The molecule has 0 aromatic rings. The van der Waals surface area contributed by atoms with Gasteiger partial charge in [0, 0.05) is 13.5 Å². The molecule has 1 N–H and O–H groups in total. The number of ether oxygens (including phenoxy) is 4. The second-order valence-corrected chi connectivity index (χ2v) is 4.92. The largest absolute Gasteiger partial charge is 0.390 e. The number of aliphatic hydroxyl groups excluding tert-OH is 1. The Bertz CT molecular complexity index is 292. The third-order valence-corrected chi connectivity index (χ3v) is 3.36. The van der Waals surface area contributed by atoms with Crippen LogP contribution in [0.2, 0.25) is 0 Å². The molecule has 3 fully saturated rings. The van der Waals surface area contributed by atoms with Crippen molar-refractivity contribution in [1.82, 2.24) is 0 Å². The number of hydrogen-bond acceptors (Lipinski definition) is 5. The van der Waals surface area contributed by atoms with Gasteiger partial charge in [0.15, 0.2) is 12.1 Å². The molecule has 2 saturated heterocycles. The molecule has 2 heterocycles. The topological polar surface area (TPSA) is 57.2 Å². The van der Waals surface area contributed by atoms with Gasteiger partial charge in [-0.1, -0.05) is 0 Å². The fourth-order valence-electron chi connectivity index (χ4n) is 2.57. The highest BCUT2D eigenvalue weighted by molar-refractivity contribution is 5.19. The quantitative estimate of drug-likeness (QED) is 0.669. The van der Waals surface area contributed by atoms with E-state index in [1.807, 2.05) is 13.8 Å². The molecule has 1 spiro atoms. The predicted octanol–water partition coefficient (Wildman–Crippen LogP) is 0.0126. The Morgan fingerprint density at radius 2 is 1.93 bits per heavy atom. The van der Waals surface area contributed by atoms with Crippen molar-refractivity contribution in [1.29, 1.82) is 0 Å². The first kappa shape index (κ1) is 9.99. The maximum atomic E-state index is 9.63. The van der Waals surface area contributed by atoms with Crippen molar-refractivity contribution in [3.63, 3.8) is 0 Å². The van der Waals surface area contributed by atoms with Gasteiger partial charge in [0.1, 0.15) is 17.8 Å². The fourth-order valence-corrected chi connectivity index (χ4v) is 2.57. The average molecular weight is 216 g/mol. The van der Waals surface area contributed by atoms with E-state index >= 15 is 0 Å². The van der Waals surface area contributed by atoms with E-state index in [-0.39, 0.29) is 12.2 Å². The highest BCUT2D eigenvalue weighted by Gasteiger charge is 2.73. The van der Waals surface area contributed by atoms with Gasteiger partial charge in [0.05, 0.1) is 6.10 Å². The minimum absolute atomic E-state index is 0.215. The number of hydrogen-bond donors (Lipinski definition) is 1. The summed E-state index contributed by atoms with van der Waals surface area (Å²) in [7, 11) is 1.57. The molecule has 1 saturated carbocycles. The number of rotatable bonds is 1. The molecule has 15 heavy (non-hydrogen) atoms. The van der Waals surface area contributed by atoms with Crippen molar-refractivity contribution in [2.75, 3.05) is 7.11 Å². The molecule has 0 bridgehead atoms. The third-order valence-electron chi connectivity index (χ3n) is 3.36. The van der Waals surface area contributed by atoms with Gasteiger partial charge in [0.2, 0.25) is 0 Å². The average Bonchev–Trinajstić information content (AvgIpc) is 2.53. The van der Waals surface area contributed by atoms with Crippen molar-refractivity contribution in [2.45, 2.75) is 56.3 Å². The lowest BCUT2D eigenvalue weighted by Crippen LogP contribution is -2.34. The highest BCUT2D eigenvalue weighted by Crippen LogP contribution is 2.56. The summed E-state index contributed by atoms with van der Waals surface area (Å²) < 4.78 is 22.3. The Morgan fingerprint density at radius 3 is 2.47 bits per heavy atom. The van der Waals surface area contributed by atoms with Crippen LogP contribution in [0.3, 0.4) is 0 Å². The van der Waals surface area contributed by atoms with E-state index in [9.17, 15) is 5.11 Å². The smallest absolute Gasteiger partial charge is 0.187 e. The molecule has 1 aliphatic carbocycles. The summed E-state index contributed by atoms with van der Waals surface area (Å²) in [5, 5.41) is 9.63. The van der Waals surface area contributed by atoms with Crippen LogP contribution in [0.25, 0.3) is 0 Å². The summed E-state index contributed by atoms with van der Waals surface area (Å²) >= 11 is 0. The second kappa shape index (κ2) is 2.73. The van der Waals surface area contributed by atoms with Gasteiger partial charge in [-0.3, -0.25) is 0 Å². The minimum atomic E-state index is -0.620. The summed E-state index contributed by atoms with van der Waals surface area (Å²) in [5.74, 6) is -0.620. The molecule has 0 aromatic carbocycles. The van der Waals surface area contributed by atoms with Gasteiger partial charge < -0.3 is 24.1 Å². The Morgan fingerprint density at radius 1 is 1.27 bits per heavy atom. The summed E-state index contributed by atoms with van der Waals surface area (Å²) in [5.41, 5.74) is -0.584. The molecule has 2 aliphatic heterocycles. The van der Waals surface area contributed by atoms with Crippen LogP contribution in [0.1, 0.15) is 20.3 Å². The van der Waals surface area contributed by atoms with Crippen molar-refractivity contribution in [3.8, 4) is 0 Å². The van der Waals surface area contributed by atoms with Crippen LogP contribution >= 0.6 is 0 Å². The maximum absolute atomic E-state index is 9.63. The van der Waals surface area contributed by atoms with Gasteiger partial charge in [-0.15, -0.1) is 0 Å². The van der Waals surface area contributed by atoms with E-state index in [2.05, 4.69) is 0 Å². The Labute approximate surface area is 88.3 Å². The van der Waals surface area contributed by atoms with E-state index in [0.717, 1.165) is 0 Å². The lowest BCUT2D eigenvalue weighted by atomic mass is 10.1. The zero-order chi connectivity index (χ0) is 10.8. The van der Waals surface area contributed by atoms with Gasteiger partial charge in [-0.05, 0) is 13.8 Å². The van der Waals surface area contributed by atoms with Crippen molar-refractivity contribution >= 4 is 0 Å². The maximum Gasteiger partial charge on any atom is 0.187 e. The van der Waals surface area contributed by atoms with E-state index in [1.54, 1.807) is 7.11 Å². The predicted molar refractivity (Wildman–Crippen MR) is 49.1 cm³/mol. The van der Waals surface area contributed by atoms with Crippen molar-refractivity contribution in [3.05, 3.63) is 0 Å². The lowest BCUT2D eigenvalue weighted by Gasteiger charge is -2.23. The number of aliphatic hydroxyl groups is 1. The first-order chi connectivity index (χ1) is 6.98. The van der Waals surface area contributed by atoms with E-state index in [0.29, 0.717) is 6.42 Å². The summed E-state index contributed by atoms with van der Waals surface area (Å²) in [6.07, 6.45) is -0.737. The van der Waals surface area contributed by atoms with Crippen LogP contribution in [-0.4, -0.2) is 48.2 Å². The molecule has 0 amide bonds. The second-order valence-electron chi connectivity index (χ2n) is 4.92. The Hall–Kier alpha value is -0.200. The zero-order valence-electron chi connectivity index (χ0n) is 9.10. The SMILES string of the molecule is COC1O[C@@]2(C[C@@H]2O)C2OC(C)(C)O[C@H]12. The molecule has 86 valence electrons. The molecular weight excluding hydrogens is 200 g/mol. The van der Waals surface area contributed by atoms with Crippen LogP contribution in [0.15, 0.2) is 0 Å². The van der Waals surface area contributed by atoms with E-state index < -0.39 is 23.8 Å². The van der Waals surface area contributed by atoms with Crippen molar-refractivity contribution < 1.29 is 24.1 Å². The van der Waals surface area contributed by atoms with Gasteiger partial charge in [0.25, 0.3) is 0 Å². The molecule has 5 atom stereocenters. The van der Waals surface area contributed by atoms with Crippen LogP contribution in [0, 0.1) is 0 Å². The van der Waals surface area contributed by atoms with Crippen molar-refractivity contribution in [2.24, 2.45) is 0 Å². The van der Waals surface area contributed by atoms with E-state index in [1.165, 1.54) is 0 Å². The molecule has 5 heteroatoms. The molecule has 2 unspecified atom stereocenters. The minimum Gasteiger partial charge on any atom is -0.390 e. The van der Waals surface area contributed by atoms with Crippen LogP contribution < -0.4 is 0 Å². The third kappa shape index (κ3) is 1.21. The number of fused-ring (bicyclic) bond motifs is 2. The standard InChI is InChI=1S/C10H16O5/c1-9(2)13-6-7(14-9)10(4-5(10)11)15-8(6)12-3/h5-8,11H,4H2,1-3H3/t5-,6-,7?,8?,10+/m0/s1. The fraction of sp³-hybridized carbons (Fsp3) is 1.00. The van der Waals surface area contributed by atoms with E-state index in [4.69, 9.17) is 18.9 Å². The molecule has 3 rings (SSSR count). The molecular formula is C10H16O5. The van der Waals surface area contributed by atoms with Gasteiger partial charge in [-0.2, -0.15) is 0 Å². The monoisotopic (exact) mass is 216 g/mol. The Kier molecular flexibility index (Phi) is 1.81. The summed E-state index contributed by atoms with van der Waals surface area (Å²) in [6, 6.07) is 0. The highest BCUT2D eigenvalue weighted by atomic mass is 16.8. The zero-order valence-corrected chi connectivity index (χ0v) is 9.10. The molecule has 3 aliphatic rings. The van der Waals surface area contributed by atoms with Crippen LogP contribution in [0.5, 0.6) is 0 Å². The van der Waals surface area contributed by atoms with Gasteiger partial charge in [-0.25, -0.2) is 0 Å². The molecule has 5 nitrogen and oxygen atoms in total. The van der Waals surface area contributed by atoms with Crippen LogP contribution in [0.4, 0.5) is 0 Å². The Balaban J connectivity index is 1.88. The normalized spacial score (nSPS) is 56.0. The molecule has 0 radical (unpaired) electrons. The summed E-state index contributed by atoms with van der Waals surface area (Å²) in [4.78, 5) is 0. The summed E-state index contributed by atoms with van der Waals surface area (Å²) in [6.45, 7) is 3.72. The molecule has 0 aromatic heterocycles. The first-order valence-corrected chi connectivity index (χ1v) is 5.23. The lowest BCUT2D eigenvalue weighted by molar-refractivity contribution is -0.236. The van der Waals surface area contributed by atoms with Gasteiger partial charge >= 0.3 is 0 Å². The van der Waals surface area contributed by atoms with Crippen LogP contribution in [-0.2, 0) is 18.9 Å². The number of methoxy groups -OCH3 is 1.